The summed E-state index contributed by atoms with van der Waals surface area (Å²) in [7, 11) is 1.47. The molecule has 0 saturated heterocycles. The van der Waals surface area contributed by atoms with Crippen molar-refractivity contribution in [3.8, 4) is 17.1 Å². The van der Waals surface area contributed by atoms with Crippen LogP contribution in [0.5, 0.6) is 5.75 Å². The Balaban J connectivity index is 1.72. The first-order chi connectivity index (χ1) is 15.3. The number of aromatic nitrogens is 6. The van der Waals surface area contributed by atoms with Crippen molar-refractivity contribution >= 4 is 16.7 Å². The van der Waals surface area contributed by atoms with Crippen LogP contribution in [0.15, 0.2) is 43.2 Å². The Bertz CT molecular complexity index is 1250. The van der Waals surface area contributed by atoms with E-state index in [1.54, 1.807) is 19.1 Å². The maximum atomic E-state index is 13.2. The quantitative estimate of drug-likeness (QED) is 0.456. The molecule has 0 amide bonds. The molecule has 0 saturated carbocycles. The number of fused-ring (bicyclic) bond motifs is 1. The average molecular weight is 445 g/mol. The maximum Gasteiger partial charge on any atom is 0.451 e. The van der Waals surface area contributed by atoms with Crippen LogP contribution in [0, 0.1) is 5.82 Å². The highest BCUT2D eigenvalue weighted by Crippen LogP contribution is 2.34. The minimum atomic E-state index is -4.62. The predicted octanol–water partition coefficient (Wildman–Crippen LogP) is 4.22. The van der Waals surface area contributed by atoms with E-state index in [-0.39, 0.29) is 5.82 Å². The summed E-state index contributed by atoms with van der Waals surface area (Å²) in [5, 5.41) is 3.68. The minimum absolute atomic E-state index is 0.269. The normalized spacial score (nSPS) is 12.6. The molecule has 0 bridgehead atoms. The van der Waals surface area contributed by atoms with Crippen molar-refractivity contribution in [2.45, 2.75) is 19.1 Å². The molecule has 0 aliphatic heterocycles. The second-order valence-electron chi connectivity index (χ2n) is 6.73. The summed E-state index contributed by atoms with van der Waals surface area (Å²) in [5.74, 6) is -0.703. The number of anilines is 1. The molecule has 0 aliphatic rings. The fourth-order valence-electron chi connectivity index (χ4n) is 2.99. The van der Waals surface area contributed by atoms with Crippen molar-refractivity contribution in [3.63, 3.8) is 0 Å². The largest absolute Gasteiger partial charge is 0.494 e. The molecule has 32 heavy (non-hydrogen) atoms. The Morgan fingerprint density at radius 3 is 2.25 bits per heavy atom. The average Bonchev–Trinajstić information content (AvgIpc) is 2.78. The molecule has 12 heteroatoms. The van der Waals surface area contributed by atoms with Crippen LogP contribution < -0.4 is 10.1 Å². The van der Waals surface area contributed by atoms with Gasteiger partial charge in [-0.1, -0.05) is 0 Å². The fraction of sp³-hybridized carbons (Fsp3) is 0.200. The third-order valence-electron chi connectivity index (χ3n) is 4.58. The standard InChI is InChI=1S/C20H15F4N7O/c1-10(12-5-27-19(28-6-12)20(22,23)24)31-18-14-3-11(17-25-7-13(21)8-26-17)4-15(32-2)16(14)29-9-30-18/h3-10H,1-2H3,(H,29,30,31). The third-order valence-corrected chi connectivity index (χ3v) is 4.58. The van der Waals surface area contributed by atoms with Gasteiger partial charge < -0.3 is 10.1 Å². The molecule has 1 aromatic carbocycles. The second-order valence-corrected chi connectivity index (χ2v) is 6.73. The summed E-state index contributed by atoms with van der Waals surface area (Å²) in [4.78, 5) is 23.3. The van der Waals surface area contributed by atoms with Crippen LogP contribution >= 0.6 is 0 Å². The zero-order valence-corrected chi connectivity index (χ0v) is 16.7. The molecule has 1 unspecified atom stereocenters. The number of methoxy groups -OCH3 is 1. The lowest BCUT2D eigenvalue weighted by atomic mass is 10.1. The van der Waals surface area contributed by atoms with E-state index in [2.05, 4.69) is 35.2 Å². The Labute approximate surface area is 178 Å². The molecule has 164 valence electrons. The van der Waals surface area contributed by atoms with Gasteiger partial charge in [-0.25, -0.2) is 34.3 Å². The van der Waals surface area contributed by atoms with E-state index in [0.29, 0.717) is 33.6 Å². The van der Waals surface area contributed by atoms with Gasteiger partial charge >= 0.3 is 6.18 Å². The van der Waals surface area contributed by atoms with Crippen LogP contribution in [0.3, 0.4) is 0 Å². The molecule has 0 aliphatic carbocycles. The molecular weight excluding hydrogens is 430 g/mol. The molecule has 3 heterocycles. The van der Waals surface area contributed by atoms with Crippen molar-refractivity contribution in [1.29, 1.82) is 0 Å². The number of ether oxygens (including phenoxy) is 1. The lowest BCUT2D eigenvalue weighted by molar-refractivity contribution is -0.145. The molecule has 0 spiro atoms. The molecule has 0 radical (unpaired) electrons. The number of hydrogen-bond acceptors (Lipinski definition) is 8. The molecule has 8 nitrogen and oxygen atoms in total. The molecule has 0 fully saturated rings. The SMILES string of the molecule is COc1cc(-c2ncc(F)cn2)cc2c(NC(C)c3cnc(C(F)(F)F)nc3)ncnc12. The minimum Gasteiger partial charge on any atom is -0.494 e. The molecule has 1 N–H and O–H groups in total. The van der Waals surface area contributed by atoms with Gasteiger partial charge in [-0.2, -0.15) is 13.2 Å². The van der Waals surface area contributed by atoms with E-state index in [1.807, 2.05) is 0 Å². The van der Waals surface area contributed by atoms with E-state index in [4.69, 9.17) is 4.74 Å². The van der Waals surface area contributed by atoms with E-state index in [9.17, 15) is 17.6 Å². The van der Waals surface area contributed by atoms with E-state index >= 15 is 0 Å². The Morgan fingerprint density at radius 1 is 0.938 bits per heavy atom. The monoisotopic (exact) mass is 445 g/mol. The van der Waals surface area contributed by atoms with Crippen LogP contribution in [0.1, 0.15) is 24.4 Å². The Morgan fingerprint density at radius 2 is 1.62 bits per heavy atom. The van der Waals surface area contributed by atoms with Gasteiger partial charge in [0.05, 0.1) is 25.5 Å². The number of alkyl halides is 3. The molecule has 3 aromatic heterocycles. The second kappa shape index (κ2) is 8.29. The summed E-state index contributed by atoms with van der Waals surface area (Å²) in [6, 6.07) is 2.90. The van der Waals surface area contributed by atoms with Gasteiger partial charge in [-0.05, 0) is 19.1 Å². The molecule has 1 atom stereocenters. The first kappa shape index (κ1) is 21.3. The zero-order valence-electron chi connectivity index (χ0n) is 16.7. The van der Waals surface area contributed by atoms with Crippen molar-refractivity contribution in [2.75, 3.05) is 12.4 Å². The maximum absolute atomic E-state index is 13.2. The topological polar surface area (TPSA) is 98.6 Å². The number of halogens is 4. The first-order valence-electron chi connectivity index (χ1n) is 9.22. The van der Waals surface area contributed by atoms with Crippen molar-refractivity contribution in [3.05, 3.63) is 60.5 Å². The van der Waals surface area contributed by atoms with Gasteiger partial charge in [0.15, 0.2) is 11.6 Å². The highest BCUT2D eigenvalue weighted by molar-refractivity contribution is 5.96. The van der Waals surface area contributed by atoms with Crippen LogP contribution in [-0.4, -0.2) is 37.0 Å². The van der Waals surface area contributed by atoms with Gasteiger partial charge in [0.25, 0.3) is 0 Å². The van der Waals surface area contributed by atoms with Crippen LogP contribution in [0.2, 0.25) is 0 Å². The fourth-order valence-corrected chi connectivity index (χ4v) is 2.99. The van der Waals surface area contributed by atoms with Crippen molar-refractivity contribution < 1.29 is 22.3 Å². The number of hydrogen-bond donors (Lipinski definition) is 1. The van der Waals surface area contributed by atoms with Gasteiger partial charge in [0.2, 0.25) is 5.82 Å². The van der Waals surface area contributed by atoms with Crippen LogP contribution in [0.4, 0.5) is 23.4 Å². The number of nitrogens with one attached hydrogen (secondary N) is 1. The summed E-state index contributed by atoms with van der Waals surface area (Å²) >= 11 is 0. The highest BCUT2D eigenvalue weighted by atomic mass is 19.4. The van der Waals surface area contributed by atoms with Crippen molar-refractivity contribution in [2.24, 2.45) is 0 Å². The molecule has 4 rings (SSSR count). The smallest absolute Gasteiger partial charge is 0.451 e. The number of nitrogens with zero attached hydrogens (tertiary/aromatic N) is 6. The van der Waals surface area contributed by atoms with Gasteiger partial charge in [0, 0.05) is 28.9 Å². The van der Waals surface area contributed by atoms with Crippen molar-refractivity contribution in [1.82, 2.24) is 29.9 Å². The first-order valence-corrected chi connectivity index (χ1v) is 9.22. The van der Waals surface area contributed by atoms with E-state index in [0.717, 1.165) is 24.8 Å². The number of rotatable bonds is 5. The van der Waals surface area contributed by atoms with Gasteiger partial charge in [-0.15, -0.1) is 0 Å². The summed E-state index contributed by atoms with van der Waals surface area (Å²) in [6.07, 6.45) is 1.02. The van der Waals surface area contributed by atoms with Crippen LogP contribution in [0.25, 0.3) is 22.3 Å². The molecular formula is C20H15F4N7O. The van der Waals surface area contributed by atoms with Gasteiger partial charge in [0.1, 0.15) is 23.4 Å². The summed E-state index contributed by atoms with van der Waals surface area (Å²) in [5.41, 5.74) is 1.46. The third kappa shape index (κ3) is 4.24. The number of benzene rings is 1. The summed E-state index contributed by atoms with van der Waals surface area (Å²) < 4.78 is 56.8. The Hall–Kier alpha value is -3.96. The van der Waals surface area contributed by atoms with Crippen LogP contribution in [-0.2, 0) is 6.18 Å². The predicted molar refractivity (Wildman–Crippen MR) is 106 cm³/mol. The Kier molecular flexibility index (Phi) is 5.51. The summed E-state index contributed by atoms with van der Waals surface area (Å²) in [6.45, 7) is 1.73. The molecule has 4 aromatic rings. The van der Waals surface area contributed by atoms with E-state index < -0.39 is 23.9 Å². The lowest BCUT2D eigenvalue weighted by Crippen LogP contribution is -2.14. The van der Waals surface area contributed by atoms with E-state index in [1.165, 1.54) is 13.4 Å². The van der Waals surface area contributed by atoms with Gasteiger partial charge in [-0.3, -0.25) is 0 Å². The highest BCUT2D eigenvalue weighted by Gasteiger charge is 2.34. The zero-order chi connectivity index (χ0) is 22.9. The lowest BCUT2D eigenvalue weighted by Gasteiger charge is -2.17.